The molecule has 0 aliphatic carbocycles. The van der Waals surface area contributed by atoms with Crippen LogP contribution in [0.1, 0.15) is 22.3 Å². The van der Waals surface area contributed by atoms with Gasteiger partial charge in [0, 0.05) is 10.2 Å². The first-order chi connectivity index (χ1) is 17.3. The molecular formula is C34H25P. The first kappa shape index (κ1) is 21.4. The Morgan fingerprint density at radius 3 is 1.23 bits per heavy atom. The zero-order chi connectivity index (χ0) is 23.5. The van der Waals surface area contributed by atoms with Crippen molar-refractivity contribution in [1.29, 1.82) is 0 Å². The molecule has 0 nitrogen and oxygen atoms in total. The summed E-state index contributed by atoms with van der Waals surface area (Å²) in [5, 5.41) is 7.02. The molecule has 0 radical (unpaired) electrons. The van der Waals surface area contributed by atoms with Crippen molar-refractivity contribution in [3.63, 3.8) is 0 Å². The van der Waals surface area contributed by atoms with Crippen molar-refractivity contribution >= 4 is 52.8 Å². The molecule has 1 heteroatoms. The van der Waals surface area contributed by atoms with E-state index >= 15 is 0 Å². The lowest BCUT2D eigenvalue weighted by Crippen LogP contribution is -1.75. The summed E-state index contributed by atoms with van der Waals surface area (Å²) in [6.45, 7) is 0. The normalized spacial score (nSPS) is 12.3. The molecule has 5 aromatic carbocycles. The lowest BCUT2D eigenvalue weighted by atomic mass is 10.1. The molecule has 35 heavy (non-hydrogen) atoms. The molecule has 0 saturated carbocycles. The molecule has 6 rings (SSSR count). The fourth-order valence-electron chi connectivity index (χ4n) is 4.63. The van der Waals surface area contributed by atoms with Crippen LogP contribution in [0, 0.1) is 0 Å². The maximum atomic E-state index is 2.36. The second-order valence-electron chi connectivity index (χ2n) is 8.71. The summed E-state index contributed by atoms with van der Waals surface area (Å²) < 4.78 is 0. The molecule has 0 unspecified atom stereocenters. The van der Waals surface area contributed by atoms with Gasteiger partial charge in [0.25, 0.3) is 0 Å². The monoisotopic (exact) mass is 464 g/mol. The lowest BCUT2D eigenvalue weighted by molar-refractivity contribution is 1.66. The van der Waals surface area contributed by atoms with Crippen LogP contribution in [0.15, 0.2) is 127 Å². The maximum Gasteiger partial charge on any atom is 0.00687 e. The van der Waals surface area contributed by atoms with Crippen molar-refractivity contribution in [2.75, 3.05) is 0 Å². The summed E-state index contributed by atoms with van der Waals surface area (Å²) in [5.74, 6) is 0. The second-order valence-corrected chi connectivity index (χ2v) is 10.9. The third-order valence-corrected chi connectivity index (χ3v) is 8.92. The van der Waals surface area contributed by atoms with Crippen molar-refractivity contribution in [2.24, 2.45) is 0 Å². The van der Waals surface area contributed by atoms with Gasteiger partial charge >= 0.3 is 0 Å². The van der Waals surface area contributed by atoms with Crippen molar-refractivity contribution < 1.29 is 0 Å². The molecule has 0 aliphatic rings. The van der Waals surface area contributed by atoms with Crippen LogP contribution in [0.25, 0.3) is 50.6 Å². The number of hydrogen-bond acceptors (Lipinski definition) is 0. The highest BCUT2D eigenvalue weighted by atomic mass is 31.1. The van der Waals surface area contributed by atoms with Gasteiger partial charge in [-0.15, -0.1) is 0 Å². The van der Waals surface area contributed by atoms with Gasteiger partial charge in [0.2, 0.25) is 0 Å². The molecule has 0 aliphatic heterocycles. The van der Waals surface area contributed by atoms with Gasteiger partial charge in [0.05, 0.1) is 0 Å². The summed E-state index contributed by atoms with van der Waals surface area (Å²) >= 11 is 0. The Balaban J connectivity index is 1.50. The fourth-order valence-corrected chi connectivity index (χ4v) is 7.22. The van der Waals surface area contributed by atoms with Crippen molar-refractivity contribution in [3.8, 4) is 5.30 Å². The highest BCUT2D eigenvalue weighted by molar-refractivity contribution is 7.67. The van der Waals surface area contributed by atoms with Gasteiger partial charge in [-0.1, -0.05) is 135 Å². The highest BCUT2D eigenvalue weighted by Crippen LogP contribution is 2.55. The number of benzene rings is 5. The van der Waals surface area contributed by atoms with Gasteiger partial charge in [-0.2, -0.15) is 0 Å². The van der Waals surface area contributed by atoms with E-state index in [1.807, 2.05) is 0 Å². The van der Waals surface area contributed by atoms with Gasteiger partial charge < -0.3 is 0 Å². The van der Waals surface area contributed by atoms with E-state index in [0.717, 1.165) is 0 Å². The maximum absolute atomic E-state index is 2.36. The Bertz CT molecular complexity index is 1550. The number of fused-ring (bicyclic) bond motifs is 3. The van der Waals surface area contributed by atoms with Crippen molar-refractivity contribution in [1.82, 2.24) is 0 Å². The zero-order valence-electron chi connectivity index (χ0n) is 19.4. The summed E-state index contributed by atoms with van der Waals surface area (Å²) in [6, 6.07) is 45.9. The summed E-state index contributed by atoms with van der Waals surface area (Å²) in [7, 11) is -0.551. The van der Waals surface area contributed by atoms with Gasteiger partial charge in [0.15, 0.2) is 0 Å². The van der Waals surface area contributed by atoms with E-state index in [9.17, 15) is 0 Å². The van der Waals surface area contributed by atoms with Crippen LogP contribution in [0.4, 0.5) is 0 Å². The van der Waals surface area contributed by atoms with Crippen LogP contribution in [0.3, 0.4) is 0 Å². The number of rotatable bonds is 5. The van der Waals surface area contributed by atoms with E-state index in [1.54, 1.807) is 0 Å². The first-order valence-corrected chi connectivity index (χ1v) is 13.3. The predicted molar refractivity (Wildman–Crippen MR) is 156 cm³/mol. The van der Waals surface area contributed by atoms with Crippen molar-refractivity contribution in [3.05, 3.63) is 150 Å². The molecule has 6 aromatic rings. The minimum atomic E-state index is -0.551. The largest absolute Gasteiger partial charge is 0.0772 e. The molecule has 0 N–H and O–H groups in total. The fraction of sp³-hybridized carbons (Fsp3) is 0. The summed E-state index contributed by atoms with van der Waals surface area (Å²) in [4.78, 5) is 0. The van der Waals surface area contributed by atoms with E-state index in [0.29, 0.717) is 0 Å². The smallest absolute Gasteiger partial charge is 0.00687 e. The van der Waals surface area contributed by atoms with Crippen LogP contribution in [0.5, 0.6) is 0 Å². The minimum Gasteiger partial charge on any atom is -0.0772 e. The van der Waals surface area contributed by atoms with Gasteiger partial charge in [-0.05, 0) is 62.6 Å². The van der Waals surface area contributed by atoms with Gasteiger partial charge in [-0.25, -0.2) is 0 Å². The van der Waals surface area contributed by atoms with Crippen LogP contribution in [-0.2, 0) is 0 Å². The molecule has 0 spiro atoms. The molecule has 1 heterocycles. The van der Waals surface area contributed by atoms with Crippen LogP contribution in [0.2, 0.25) is 0 Å². The van der Waals surface area contributed by atoms with Gasteiger partial charge in [-0.3, -0.25) is 0 Å². The molecule has 0 atom stereocenters. The van der Waals surface area contributed by atoms with E-state index in [1.165, 1.54) is 48.6 Å². The highest BCUT2D eigenvalue weighted by Gasteiger charge is 2.14. The lowest BCUT2D eigenvalue weighted by Gasteiger charge is -2.04. The molecule has 1 aromatic heterocycles. The zero-order valence-corrected chi connectivity index (χ0v) is 20.3. The van der Waals surface area contributed by atoms with Crippen molar-refractivity contribution in [2.45, 2.75) is 0 Å². The SMILES string of the molecule is C(=Cc1ccc2c(c1)c1cc(C=Cc3ccccc3)ccc1p2-c1ccccc1)c1ccccc1. The molecular weight excluding hydrogens is 439 g/mol. The molecule has 0 amide bonds. The third-order valence-electron chi connectivity index (χ3n) is 6.36. The predicted octanol–water partition coefficient (Wildman–Crippen LogP) is 10.3. The van der Waals surface area contributed by atoms with E-state index in [4.69, 9.17) is 0 Å². The van der Waals surface area contributed by atoms with Crippen LogP contribution < -0.4 is 0 Å². The molecule has 166 valence electrons. The van der Waals surface area contributed by atoms with Gasteiger partial charge in [0.1, 0.15) is 0 Å². The quantitative estimate of drug-likeness (QED) is 0.223. The van der Waals surface area contributed by atoms with Crippen LogP contribution >= 0.6 is 7.53 Å². The van der Waals surface area contributed by atoms with Crippen LogP contribution in [-0.4, -0.2) is 0 Å². The first-order valence-electron chi connectivity index (χ1n) is 12.0. The molecule has 0 bridgehead atoms. The minimum absolute atomic E-state index is 0.551. The topological polar surface area (TPSA) is 0 Å². The average molecular weight is 465 g/mol. The number of hydrogen-bond donors (Lipinski definition) is 0. The summed E-state index contributed by atoms with van der Waals surface area (Å²) in [5.41, 5.74) is 4.89. The Hall–Kier alpha value is -4.12. The average Bonchev–Trinajstić information content (AvgIpc) is 3.25. The standard InChI is InChI=1S/C34H25P/c1-4-10-26(11-5-1)16-18-28-20-22-33-31(24-28)32-25-29(19-17-27-12-6-2-7-13-27)21-23-34(32)35(33)30-14-8-3-9-15-30/h1-25H. The summed E-state index contributed by atoms with van der Waals surface area (Å²) in [6.07, 6.45) is 8.82. The Morgan fingerprint density at radius 1 is 0.371 bits per heavy atom. The Labute approximate surface area is 207 Å². The molecule has 0 saturated heterocycles. The van der Waals surface area contributed by atoms with E-state index < -0.39 is 7.53 Å². The third kappa shape index (κ3) is 4.50. The Morgan fingerprint density at radius 2 is 0.771 bits per heavy atom. The van der Waals surface area contributed by atoms with E-state index in [-0.39, 0.29) is 0 Å². The molecule has 0 fully saturated rings. The van der Waals surface area contributed by atoms with E-state index in [2.05, 4.69) is 152 Å². The Kier molecular flexibility index (Phi) is 5.89. The second kappa shape index (κ2) is 9.63.